The van der Waals surface area contributed by atoms with E-state index in [-0.39, 0.29) is 10.8 Å². The Morgan fingerprint density at radius 2 is 1.86 bits per heavy atom. The first kappa shape index (κ1) is 20.8. The van der Waals surface area contributed by atoms with Crippen molar-refractivity contribution >= 4 is 17.2 Å². The largest absolute Gasteiger partial charge is 0.352 e. The van der Waals surface area contributed by atoms with Gasteiger partial charge in [-0.1, -0.05) is 49.4 Å². The van der Waals surface area contributed by atoms with Crippen molar-refractivity contribution in [2.24, 2.45) is 11.8 Å². The van der Waals surface area contributed by atoms with E-state index in [1.807, 2.05) is 18.4 Å². The molecule has 28 heavy (non-hydrogen) atoms. The summed E-state index contributed by atoms with van der Waals surface area (Å²) in [6.45, 7) is 10.7. The minimum absolute atomic E-state index is 0.000587. The Morgan fingerprint density at radius 3 is 2.50 bits per heavy atom. The fourth-order valence-corrected chi connectivity index (χ4v) is 4.98. The summed E-state index contributed by atoms with van der Waals surface area (Å²) < 4.78 is 1.66. The molecule has 2 aromatic rings. The van der Waals surface area contributed by atoms with E-state index in [1.54, 1.807) is 4.57 Å². The number of amides is 1. The minimum Gasteiger partial charge on any atom is -0.352 e. The molecule has 1 aromatic carbocycles. The number of likely N-dealkylation sites (tertiary alicyclic amines) is 1. The molecule has 0 spiro atoms. The van der Waals surface area contributed by atoms with Crippen LogP contribution in [0.3, 0.4) is 0 Å². The Morgan fingerprint density at radius 1 is 1.18 bits per heavy atom. The van der Waals surface area contributed by atoms with Gasteiger partial charge in [0.05, 0.1) is 0 Å². The van der Waals surface area contributed by atoms with E-state index >= 15 is 0 Å². The molecular weight excluding hydrogens is 370 g/mol. The van der Waals surface area contributed by atoms with Crippen LogP contribution in [0.15, 0.2) is 34.4 Å². The van der Waals surface area contributed by atoms with Gasteiger partial charge in [0.1, 0.15) is 0 Å². The molecule has 0 saturated carbocycles. The highest BCUT2D eigenvalue weighted by Crippen LogP contribution is 2.23. The number of thiazole rings is 1. The number of benzene rings is 1. The Hall–Kier alpha value is -1.92. The third-order valence-corrected chi connectivity index (χ3v) is 6.35. The number of rotatable bonds is 7. The molecule has 1 amide bonds. The summed E-state index contributed by atoms with van der Waals surface area (Å²) >= 11 is 1.18. The predicted octanol–water partition coefficient (Wildman–Crippen LogP) is 3.40. The highest BCUT2D eigenvalue weighted by atomic mass is 32.1. The Labute approximate surface area is 171 Å². The molecule has 0 aliphatic carbocycles. The monoisotopic (exact) mass is 401 g/mol. The van der Waals surface area contributed by atoms with Gasteiger partial charge in [0, 0.05) is 50.2 Å². The number of carbonyl (C=O) groups excluding carboxylic acids is 1. The molecule has 0 radical (unpaired) electrons. The van der Waals surface area contributed by atoms with E-state index in [2.05, 4.69) is 42.3 Å². The maximum atomic E-state index is 12.3. The van der Waals surface area contributed by atoms with Crippen molar-refractivity contribution in [2.75, 3.05) is 13.1 Å². The van der Waals surface area contributed by atoms with Crippen LogP contribution in [0.2, 0.25) is 0 Å². The van der Waals surface area contributed by atoms with Crippen molar-refractivity contribution in [2.45, 2.75) is 53.2 Å². The molecule has 2 atom stereocenters. The van der Waals surface area contributed by atoms with Crippen LogP contribution < -0.4 is 10.2 Å². The molecule has 6 heteroatoms. The second-order valence-corrected chi connectivity index (χ2v) is 9.05. The summed E-state index contributed by atoms with van der Waals surface area (Å²) in [5.74, 6) is 1.45. The van der Waals surface area contributed by atoms with E-state index in [4.69, 9.17) is 0 Å². The quantitative estimate of drug-likeness (QED) is 0.774. The molecule has 2 heterocycles. The SMILES string of the molecule is Cc1csc(=O)n1CCC(=O)NCc1ccccc1CN1CC(C)CC(C)C1. The molecule has 1 N–H and O–H groups in total. The van der Waals surface area contributed by atoms with Crippen LogP contribution >= 0.6 is 11.3 Å². The second-order valence-electron chi connectivity index (χ2n) is 8.23. The topological polar surface area (TPSA) is 54.3 Å². The minimum atomic E-state index is -0.0208. The van der Waals surface area contributed by atoms with Crippen molar-refractivity contribution in [3.05, 3.63) is 56.1 Å². The van der Waals surface area contributed by atoms with Gasteiger partial charge in [0.25, 0.3) is 0 Å². The van der Waals surface area contributed by atoms with Gasteiger partial charge in [-0.3, -0.25) is 14.5 Å². The average Bonchev–Trinajstić information content (AvgIpc) is 2.96. The third kappa shape index (κ3) is 5.55. The molecule has 0 bridgehead atoms. The number of hydrogen-bond acceptors (Lipinski definition) is 4. The van der Waals surface area contributed by atoms with Gasteiger partial charge in [-0.05, 0) is 36.3 Å². The van der Waals surface area contributed by atoms with E-state index < -0.39 is 0 Å². The maximum Gasteiger partial charge on any atom is 0.307 e. The molecule has 1 fully saturated rings. The lowest BCUT2D eigenvalue weighted by Gasteiger charge is -2.35. The van der Waals surface area contributed by atoms with Crippen LogP contribution in [0.5, 0.6) is 0 Å². The van der Waals surface area contributed by atoms with Crippen molar-refractivity contribution in [1.29, 1.82) is 0 Å². The van der Waals surface area contributed by atoms with E-state index in [9.17, 15) is 9.59 Å². The van der Waals surface area contributed by atoms with Crippen molar-refractivity contribution in [3.63, 3.8) is 0 Å². The zero-order valence-electron chi connectivity index (χ0n) is 17.1. The highest BCUT2D eigenvalue weighted by Gasteiger charge is 2.22. The fourth-order valence-electron chi connectivity index (χ4n) is 4.22. The van der Waals surface area contributed by atoms with Crippen LogP contribution in [0.1, 0.15) is 43.5 Å². The Bertz CT molecular complexity index is 847. The van der Waals surface area contributed by atoms with Crippen LogP contribution in [-0.2, 0) is 24.4 Å². The standard InChI is InChI=1S/C22H31N3O2S/c1-16-10-17(2)13-24(12-16)14-20-7-5-4-6-19(20)11-23-21(26)8-9-25-18(3)15-28-22(25)27/h4-7,15-17H,8-14H2,1-3H3,(H,23,26). The normalized spacial score (nSPS) is 20.2. The van der Waals surface area contributed by atoms with E-state index in [0.29, 0.717) is 19.5 Å². The highest BCUT2D eigenvalue weighted by molar-refractivity contribution is 7.07. The van der Waals surface area contributed by atoms with E-state index in [1.165, 1.54) is 28.9 Å². The molecule has 1 aliphatic rings. The van der Waals surface area contributed by atoms with Crippen molar-refractivity contribution in [3.8, 4) is 0 Å². The third-order valence-electron chi connectivity index (χ3n) is 5.47. The molecular formula is C22H31N3O2S. The van der Waals surface area contributed by atoms with Gasteiger partial charge in [-0.2, -0.15) is 0 Å². The summed E-state index contributed by atoms with van der Waals surface area (Å²) in [7, 11) is 0. The van der Waals surface area contributed by atoms with Gasteiger partial charge < -0.3 is 9.88 Å². The van der Waals surface area contributed by atoms with Crippen LogP contribution in [0, 0.1) is 18.8 Å². The number of piperidine rings is 1. The fraction of sp³-hybridized carbons (Fsp3) is 0.545. The number of nitrogens with one attached hydrogen (secondary N) is 1. The zero-order valence-corrected chi connectivity index (χ0v) is 17.9. The summed E-state index contributed by atoms with van der Waals surface area (Å²) in [5, 5.41) is 4.86. The number of hydrogen-bond donors (Lipinski definition) is 1. The van der Waals surface area contributed by atoms with Gasteiger partial charge in [-0.25, -0.2) is 0 Å². The molecule has 1 saturated heterocycles. The maximum absolute atomic E-state index is 12.3. The van der Waals surface area contributed by atoms with Gasteiger partial charge in [0.2, 0.25) is 5.91 Å². The first-order chi connectivity index (χ1) is 13.4. The number of aryl methyl sites for hydroxylation is 1. The van der Waals surface area contributed by atoms with Crippen LogP contribution in [-0.4, -0.2) is 28.5 Å². The number of aromatic nitrogens is 1. The Balaban J connectivity index is 1.54. The van der Waals surface area contributed by atoms with Gasteiger partial charge in [-0.15, -0.1) is 0 Å². The first-order valence-electron chi connectivity index (χ1n) is 10.1. The smallest absolute Gasteiger partial charge is 0.307 e. The summed E-state index contributed by atoms with van der Waals surface area (Å²) in [5.41, 5.74) is 3.37. The van der Waals surface area contributed by atoms with Crippen LogP contribution in [0.25, 0.3) is 0 Å². The van der Waals surface area contributed by atoms with Crippen LogP contribution in [0.4, 0.5) is 0 Å². The summed E-state index contributed by atoms with van der Waals surface area (Å²) in [6.07, 6.45) is 1.63. The second kappa shape index (κ2) is 9.52. The summed E-state index contributed by atoms with van der Waals surface area (Å²) in [4.78, 5) is 26.6. The van der Waals surface area contributed by atoms with Crippen molar-refractivity contribution < 1.29 is 4.79 Å². The van der Waals surface area contributed by atoms with Gasteiger partial charge >= 0.3 is 4.87 Å². The summed E-state index contributed by atoms with van der Waals surface area (Å²) in [6, 6.07) is 8.36. The average molecular weight is 402 g/mol. The number of nitrogens with zero attached hydrogens (tertiary/aromatic N) is 2. The lowest BCUT2D eigenvalue weighted by molar-refractivity contribution is -0.121. The van der Waals surface area contributed by atoms with Crippen molar-refractivity contribution in [1.82, 2.24) is 14.8 Å². The zero-order chi connectivity index (χ0) is 20.1. The lowest BCUT2D eigenvalue weighted by atomic mass is 9.91. The molecule has 2 unspecified atom stereocenters. The molecule has 3 rings (SSSR count). The Kier molecular flexibility index (Phi) is 7.08. The molecule has 5 nitrogen and oxygen atoms in total. The lowest BCUT2D eigenvalue weighted by Crippen LogP contribution is -2.38. The van der Waals surface area contributed by atoms with Gasteiger partial charge in [0.15, 0.2) is 0 Å². The number of carbonyl (C=O) groups is 1. The van der Waals surface area contributed by atoms with E-state index in [0.717, 1.165) is 37.2 Å². The molecule has 1 aromatic heterocycles. The predicted molar refractivity (Wildman–Crippen MR) is 114 cm³/mol. The molecule has 1 aliphatic heterocycles. The molecule has 152 valence electrons. The first-order valence-corrected chi connectivity index (χ1v) is 11.0.